The Balaban J connectivity index is 0.00000562. The van der Waals surface area contributed by atoms with Crippen molar-refractivity contribution in [3.63, 3.8) is 0 Å². The Kier molecular flexibility index (Phi) is 13.3. The van der Waals surface area contributed by atoms with Crippen molar-refractivity contribution in [3.05, 3.63) is 83.6 Å². The summed E-state index contributed by atoms with van der Waals surface area (Å²) in [5.41, 5.74) is 4.10. The first-order valence-electron chi connectivity index (χ1n) is 17.1. The highest BCUT2D eigenvalue weighted by molar-refractivity contribution is 6.13. The second-order valence-corrected chi connectivity index (χ2v) is 13.1. The van der Waals surface area contributed by atoms with Crippen LogP contribution in [0.25, 0.3) is 10.9 Å². The van der Waals surface area contributed by atoms with Gasteiger partial charge in [-0.25, -0.2) is 0 Å². The number of nitrogens with one attached hydrogen (secondary N) is 1. The van der Waals surface area contributed by atoms with Gasteiger partial charge in [-0.15, -0.1) is 12.4 Å². The molecule has 5 rings (SSSR count). The van der Waals surface area contributed by atoms with E-state index in [4.69, 9.17) is 9.47 Å². The van der Waals surface area contributed by atoms with Crippen molar-refractivity contribution in [2.45, 2.75) is 52.5 Å². The summed E-state index contributed by atoms with van der Waals surface area (Å²) >= 11 is 0. The molecular weight excluding hydrogens is 654 g/mol. The number of aromatic nitrogens is 1. The number of carbonyl (C=O) groups excluding carboxylic acids is 3. The fourth-order valence-corrected chi connectivity index (χ4v) is 6.22. The topological polar surface area (TPSA) is 96.3 Å². The number of nitrogens with zero attached hydrogens (tertiary/aromatic N) is 4. The quantitative estimate of drug-likeness (QED) is 0.148. The summed E-state index contributed by atoms with van der Waals surface area (Å²) < 4.78 is 13.9. The fourth-order valence-electron chi connectivity index (χ4n) is 6.22. The standard InChI is InChI=1S/C39H49N5O5.ClH/c1-27(2)44-19-18-30-31(11-10-12-33(30)44)38(46)40-32-16-15-29(26-35(32)48-6)39(47)42(5)34-17-14-28(3)25-36(34)49-24-9-7-8-13-37(45)43-22-20-41(4)21-23-43;/h10-12,14-19,25-27H,7-9,13,20-24H2,1-6H3,(H,40,46);1H. The highest BCUT2D eigenvalue weighted by Gasteiger charge is 2.22. The molecule has 1 N–H and O–H groups in total. The smallest absolute Gasteiger partial charge is 0.258 e. The number of benzene rings is 3. The molecule has 0 bridgehead atoms. The number of hydrogen-bond acceptors (Lipinski definition) is 6. The van der Waals surface area contributed by atoms with Crippen LogP contribution in [-0.2, 0) is 4.79 Å². The Bertz CT molecular complexity index is 1800. The first kappa shape index (κ1) is 38.3. The number of halogens is 1. The summed E-state index contributed by atoms with van der Waals surface area (Å²) in [6, 6.07) is 18.7. The summed E-state index contributed by atoms with van der Waals surface area (Å²) in [4.78, 5) is 45.5. The van der Waals surface area contributed by atoms with Crippen LogP contribution in [0.15, 0.2) is 66.9 Å². The predicted molar refractivity (Wildman–Crippen MR) is 202 cm³/mol. The van der Waals surface area contributed by atoms with Gasteiger partial charge in [0.2, 0.25) is 5.91 Å². The molecule has 0 radical (unpaired) electrons. The molecule has 11 heteroatoms. The van der Waals surface area contributed by atoms with Gasteiger partial charge in [0.1, 0.15) is 11.5 Å². The highest BCUT2D eigenvalue weighted by Crippen LogP contribution is 2.33. The van der Waals surface area contributed by atoms with Crippen molar-refractivity contribution in [3.8, 4) is 11.5 Å². The SMILES string of the molecule is COc1cc(C(=O)N(C)c2ccc(C)cc2OCCCCCC(=O)N2CCN(C)CC2)ccc1NC(=O)c1cccc2c1ccn2C(C)C.Cl. The number of hydrogen-bond donors (Lipinski definition) is 1. The number of likely N-dealkylation sites (N-methyl/N-ethyl adjacent to an activating group) is 1. The van der Waals surface area contributed by atoms with E-state index < -0.39 is 0 Å². The van der Waals surface area contributed by atoms with E-state index >= 15 is 0 Å². The van der Waals surface area contributed by atoms with Crippen LogP contribution in [0.2, 0.25) is 0 Å². The zero-order valence-corrected chi connectivity index (χ0v) is 30.8. The van der Waals surface area contributed by atoms with Crippen molar-refractivity contribution in [2.24, 2.45) is 0 Å². The third-order valence-electron chi connectivity index (χ3n) is 9.19. The van der Waals surface area contributed by atoms with Gasteiger partial charge in [-0.05, 0) is 101 Å². The van der Waals surface area contributed by atoms with Crippen LogP contribution in [0.3, 0.4) is 0 Å². The van der Waals surface area contributed by atoms with Crippen LogP contribution < -0.4 is 19.7 Å². The molecule has 1 aliphatic rings. The van der Waals surface area contributed by atoms with E-state index in [-0.39, 0.29) is 36.2 Å². The van der Waals surface area contributed by atoms with E-state index in [2.05, 4.69) is 35.7 Å². The monoisotopic (exact) mass is 703 g/mol. The molecule has 1 aliphatic heterocycles. The van der Waals surface area contributed by atoms with Crippen molar-refractivity contribution in [1.29, 1.82) is 0 Å². The fraction of sp³-hybridized carbons (Fsp3) is 0.410. The number of rotatable bonds is 13. The lowest BCUT2D eigenvalue weighted by Crippen LogP contribution is -2.47. The maximum atomic E-state index is 13.7. The van der Waals surface area contributed by atoms with Crippen molar-refractivity contribution < 1.29 is 23.9 Å². The van der Waals surface area contributed by atoms with Gasteiger partial charge in [-0.3, -0.25) is 14.4 Å². The summed E-state index contributed by atoms with van der Waals surface area (Å²) in [5, 5.41) is 3.84. The number of aryl methyl sites for hydroxylation is 1. The predicted octanol–water partition coefficient (Wildman–Crippen LogP) is 7.20. The summed E-state index contributed by atoms with van der Waals surface area (Å²) in [5.74, 6) is 0.737. The second-order valence-electron chi connectivity index (χ2n) is 13.1. The summed E-state index contributed by atoms with van der Waals surface area (Å²) in [7, 11) is 5.32. The number of unbranched alkanes of at least 4 members (excludes halogenated alkanes) is 2. The third kappa shape index (κ3) is 8.97. The van der Waals surface area contributed by atoms with E-state index in [0.29, 0.717) is 47.0 Å². The first-order valence-corrected chi connectivity index (χ1v) is 17.1. The molecule has 10 nitrogen and oxygen atoms in total. The van der Waals surface area contributed by atoms with Gasteiger partial charge in [-0.2, -0.15) is 0 Å². The molecule has 0 atom stereocenters. The molecule has 0 saturated carbocycles. The van der Waals surface area contributed by atoms with E-state index in [1.54, 1.807) is 36.2 Å². The number of amides is 3. The maximum absolute atomic E-state index is 13.7. The second kappa shape index (κ2) is 17.4. The van der Waals surface area contributed by atoms with Gasteiger partial charge < -0.3 is 34.1 Å². The minimum atomic E-state index is -0.260. The van der Waals surface area contributed by atoms with Crippen LogP contribution in [0.4, 0.5) is 11.4 Å². The normalized spacial score (nSPS) is 13.2. The van der Waals surface area contributed by atoms with Crippen LogP contribution in [-0.4, -0.2) is 86.1 Å². The van der Waals surface area contributed by atoms with Crippen LogP contribution >= 0.6 is 12.4 Å². The van der Waals surface area contributed by atoms with Crippen LogP contribution in [0, 0.1) is 6.92 Å². The molecule has 1 fully saturated rings. The molecule has 1 saturated heterocycles. The number of ether oxygens (including phenoxy) is 2. The van der Waals surface area contributed by atoms with Gasteiger partial charge in [0.15, 0.2) is 0 Å². The average Bonchev–Trinajstić information content (AvgIpc) is 3.54. The molecule has 1 aromatic heterocycles. The number of fused-ring (bicyclic) bond motifs is 1. The van der Waals surface area contributed by atoms with Gasteiger partial charge in [0, 0.05) is 73.9 Å². The van der Waals surface area contributed by atoms with Crippen molar-refractivity contribution >= 4 is 52.4 Å². The molecule has 4 aromatic rings. The van der Waals surface area contributed by atoms with Crippen LogP contribution in [0.5, 0.6) is 11.5 Å². The van der Waals surface area contributed by atoms with Crippen molar-refractivity contribution in [1.82, 2.24) is 14.4 Å². The Labute approximate surface area is 301 Å². The molecule has 268 valence electrons. The Hall–Kier alpha value is -4.54. The number of carbonyl (C=O) groups is 3. The molecule has 3 amide bonds. The minimum absolute atomic E-state index is 0. The molecule has 0 aliphatic carbocycles. The summed E-state index contributed by atoms with van der Waals surface area (Å²) in [6.45, 7) is 10.2. The molecule has 50 heavy (non-hydrogen) atoms. The van der Waals surface area contributed by atoms with E-state index in [1.165, 1.54) is 7.11 Å². The Morgan fingerprint density at radius 1 is 0.920 bits per heavy atom. The van der Waals surface area contributed by atoms with Gasteiger partial charge in [0.25, 0.3) is 11.8 Å². The average molecular weight is 704 g/mol. The van der Waals surface area contributed by atoms with Gasteiger partial charge >= 0.3 is 0 Å². The highest BCUT2D eigenvalue weighted by atomic mass is 35.5. The zero-order chi connectivity index (χ0) is 35.1. The van der Waals surface area contributed by atoms with Crippen LogP contribution in [0.1, 0.15) is 71.9 Å². The zero-order valence-electron chi connectivity index (χ0n) is 30.0. The number of methoxy groups -OCH3 is 1. The molecule has 0 spiro atoms. The van der Waals surface area contributed by atoms with Gasteiger partial charge in [-0.1, -0.05) is 12.1 Å². The van der Waals surface area contributed by atoms with E-state index in [0.717, 1.165) is 61.9 Å². The maximum Gasteiger partial charge on any atom is 0.258 e. The largest absolute Gasteiger partial charge is 0.495 e. The van der Waals surface area contributed by atoms with E-state index in [9.17, 15) is 14.4 Å². The number of anilines is 2. The molecule has 2 heterocycles. The lowest BCUT2D eigenvalue weighted by atomic mass is 10.1. The lowest BCUT2D eigenvalue weighted by molar-refractivity contribution is -0.132. The minimum Gasteiger partial charge on any atom is -0.495 e. The van der Waals surface area contributed by atoms with Gasteiger partial charge in [0.05, 0.1) is 25.1 Å². The molecule has 3 aromatic carbocycles. The molecule has 0 unspecified atom stereocenters. The molecular formula is C39H50ClN5O5. The number of piperazine rings is 1. The Morgan fingerprint density at radius 3 is 2.40 bits per heavy atom. The van der Waals surface area contributed by atoms with Crippen molar-refractivity contribution in [2.75, 3.05) is 64.2 Å². The van der Waals surface area contributed by atoms with E-state index in [1.807, 2.05) is 54.4 Å². The Morgan fingerprint density at radius 2 is 1.68 bits per heavy atom. The first-order chi connectivity index (χ1) is 23.6. The third-order valence-corrected chi connectivity index (χ3v) is 9.19. The summed E-state index contributed by atoms with van der Waals surface area (Å²) in [6.07, 6.45) is 5.08. The lowest BCUT2D eigenvalue weighted by Gasteiger charge is -2.32.